The number of hydrogen-bond donors (Lipinski definition) is 2. The van der Waals surface area contributed by atoms with Crippen molar-refractivity contribution in [2.75, 3.05) is 6.54 Å². The normalized spacial score (nSPS) is 18.7. The number of carbonyl (C=O) groups excluding carboxylic acids is 1. The predicted molar refractivity (Wildman–Crippen MR) is 146 cm³/mol. The summed E-state index contributed by atoms with van der Waals surface area (Å²) in [5.74, 6) is -0.102. The second-order valence-corrected chi connectivity index (χ2v) is 12.9. The van der Waals surface area contributed by atoms with Crippen molar-refractivity contribution >= 4 is 27.5 Å². The maximum atomic E-state index is 13.6. The van der Waals surface area contributed by atoms with Gasteiger partial charge in [0.15, 0.2) is 0 Å². The van der Waals surface area contributed by atoms with Crippen LogP contribution in [0, 0.1) is 6.92 Å². The molecule has 13 heteroatoms. The van der Waals surface area contributed by atoms with Gasteiger partial charge < -0.3 is 10.6 Å². The Labute approximate surface area is 236 Å². The summed E-state index contributed by atoms with van der Waals surface area (Å²) >= 11 is 1.27. The van der Waals surface area contributed by atoms with Crippen LogP contribution in [0.5, 0.6) is 0 Å². The molecule has 0 unspecified atom stereocenters. The molecule has 1 aromatic heterocycles. The Kier molecular flexibility index (Phi) is 9.28. The molecule has 0 bridgehead atoms. The molecule has 40 heavy (non-hydrogen) atoms. The van der Waals surface area contributed by atoms with Crippen LogP contribution in [0.1, 0.15) is 59.9 Å². The topological polar surface area (TPSA) is 104 Å². The molecule has 2 aromatic carbocycles. The average molecular weight is 596 g/mol. The standard InChI is InChI=1S/C27H32F3N5O3S2/c1-17(2)20-6-4-19(5-7-20)15-32-26(36)24-14-22(31-16-25-18(3)33-34-39-25)12-13-35(24)40(37,38)23-10-8-21(9-11-23)27(28,29)30/h4-11,17,22,24,31H,12-16H2,1-3H3,(H,32,36)/t22-,24-/m1/s1. The molecule has 0 radical (unpaired) electrons. The fourth-order valence-corrected chi connectivity index (χ4v) is 6.78. The van der Waals surface area contributed by atoms with E-state index in [-0.39, 0.29) is 30.4 Å². The van der Waals surface area contributed by atoms with Crippen LogP contribution in [0.4, 0.5) is 13.2 Å². The van der Waals surface area contributed by atoms with Crippen LogP contribution in [-0.2, 0) is 34.1 Å². The summed E-state index contributed by atoms with van der Waals surface area (Å²) in [5, 5.41) is 10.2. The fraction of sp³-hybridized carbons (Fsp3) is 0.444. The van der Waals surface area contributed by atoms with Crippen molar-refractivity contribution in [2.45, 2.75) is 75.8 Å². The summed E-state index contributed by atoms with van der Waals surface area (Å²) in [6, 6.07) is 9.96. The lowest BCUT2D eigenvalue weighted by atomic mass is 9.98. The Morgan fingerprint density at radius 3 is 2.35 bits per heavy atom. The molecule has 4 rings (SSSR count). The van der Waals surface area contributed by atoms with Gasteiger partial charge in [0, 0.05) is 25.7 Å². The molecule has 8 nitrogen and oxygen atoms in total. The number of hydrogen-bond acceptors (Lipinski definition) is 7. The van der Waals surface area contributed by atoms with Crippen LogP contribution < -0.4 is 10.6 Å². The van der Waals surface area contributed by atoms with E-state index in [1.54, 1.807) is 0 Å². The number of halogens is 3. The second kappa shape index (κ2) is 12.3. The van der Waals surface area contributed by atoms with E-state index in [0.717, 1.165) is 50.3 Å². The van der Waals surface area contributed by atoms with E-state index in [4.69, 9.17) is 0 Å². The van der Waals surface area contributed by atoms with Crippen LogP contribution in [0.25, 0.3) is 0 Å². The first-order valence-corrected chi connectivity index (χ1v) is 15.1. The van der Waals surface area contributed by atoms with E-state index in [9.17, 15) is 26.4 Å². The molecular formula is C27H32F3N5O3S2. The SMILES string of the molecule is Cc1nnsc1CN[C@@H]1CCN(S(=O)(=O)c2ccc(C(F)(F)F)cc2)[C@@H](C(=O)NCc2ccc(C(C)C)cc2)C1. The highest BCUT2D eigenvalue weighted by atomic mass is 32.2. The van der Waals surface area contributed by atoms with Crippen LogP contribution >= 0.6 is 11.5 Å². The van der Waals surface area contributed by atoms with E-state index in [1.807, 2.05) is 31.2 Å². The number of alkyl halides is 3. The first-order valence-electron chi connectivity index (χ1n) is 12.9. The Balaban J connectivity index is 1.53. The third-order valence-corrected chi connectivity index (χ3v) is 9.80. The van der Waals surface area contributed by atoms with Crippen molar-refractivity contribution in [3.63, 3.8) is 0 Å². The quantitative estimate of drug-likeness (QED) is 0.374. The average Bonchev–Trinajstić information content (AvgIpc) is 3.34. The summed E-state index contributed by atoms with van der Waals surface area (Å²) in [6.07, 6.45) is -3.97. The van der Waals surface area contributed by atoms with Gasteiger partial charge in [-0.25, -0.2) is 8.42 Å². The zero-order chi connectivity index (χ0) is 29.1. The minimum absolute atomic E-state index is 0.0299. The van der Waals surface area contributed by atoms with Gasteiger partial charge in [0.1, 0.15) is 6.04 Å². The van der Waals surface area contributed by atoms with Crippen molar-refractivity contribution in [1.82, 2.24) is 24.5 Å². The minimum Gasteiger partial charge on any atom is -0.351 e. The number of sulfonamides is 1. The Morgan fingerprint density at radius 1 is 1.10 bits per heavy atom. The number of carbonyl (C=O) groups is 1. The highest BCUT2D eigenvalue weighted by molar-refractivity contribution is 7.89. The van der Waals surface area contributed by atoms with Gasteiger partial charge in [0.25, 0.3) is 0 Å². The maximum absolute atomic E-state index is 13.6. The van der Waals surface area contributed by atoms with Gasteiger partial charge in [-0.2, -0.15) is 17.5 Å². The van der Waals surface area contributed by atoms with Gasteiger partial charge in [0.2, 0.25) is 15.9 Å². The number of rotatable bonds is 9. The predicted octanol–water partition coefficient (Wildman–Crippen LogP) is 4.62. The molecule has 0 aliphatic carbocycles. The first kappa shape index (κ1) is 30.1. The molecule has 2 N–H and O–H groups in total. The number of nitrogens with zero attached hydrogens (tertiary/aromatic N) is 3. The smallest absolute Gasteiger partial charge is 0.351 e. The summed E-state index contributed by atoms with van der Waals surface area (Å²) in [5.41, 5.74) is 1.89. The molecule has 3 aromatic rings. The van der Waals surface area contributed by atoms with Crippen LogP contribution in [0.15, 0.2) is 53.4 Å². The van der Waals surface area contributed by atoms with Crippen molar-refractivity contribution in [2.24, 2.45) is 0 Å². The van der Waals surface area contributed by atoms with Gasteiger partial charge in [0.05, 0.1) is 21.0 Å². The molecule has 0 saturated carbocycles. The van der Waals surface area contributed by atoms with Gasteiger partial charge in [-0.15, -0.1) is 5.10 Å². The van der Waals surface area contributed by atoms with Gasteiger partial charge in [-0.3, -0.25) is 4.79 Å². The zero-order valence-electron chi connectivity index (χ0n) is 22.4. The van der Waals surface area contributed by atoms with Crippen molar-refractivity contribution in [3.05, 3.63) is 75.8 Å². The lowest BCUT2D eigenvalue weighted by Crippen LogP contribution is -2.56. The van der Waals surface area contributed by atoms with E-state index < -0.39 is 33.7 Å². The monoisotopic (exact) mass is 595 g/mol. The molecule has 2 atom stereocenters. The van der Waals surface area contributed by atoms with Gasteiger partial charge in [-0.1, -0.05) is 42.6 Å². The van der Waals surface area contributed by atoms with Crippen molar-refractivity contribution < 1.29 is 26.4 Å². The highest BCUT2D eigenvalue weighted by Gasteiger charge is 2.41. The Bertz CT molecular complexity index is 1410. The molecule has 1 saturated heterocycles. The van der Waals surface area contributed by atoms with E-state index >= 15 is 0 Å². The van der Waals surface area contributed by atoms with Crippen molar-refractivity contribution in [3.8, 4) is 0 Å². The molecule has 0 spiro atoms. The lowest BCUT2D eigenvalue weighted by molar-refractivity contribution is -0.137. The molecular weight excluding hydrogens is 563 g/mol. The van der Waals surface area contributed by atoms with E-state index in [0.29, 0.717) is 18.9 Å². The second-order valence-electron chi connectivity index (χ2n) is 10.2. The minimum atomic E-state index is -4.59. The molecule has 1 aliphatic heterocycles. The largest absolute Gasteiger partial charge is 0.416 e. The lowest BCUT2D eigenvalue weighted by Gasteiger charge is -2.38. The van der Waals surface area contributed by atoms with Gasteiger partial charge >= 0.3 is 6.18 Å². The van der Waals surface area contributed by atoms with Crippen LogP contribution in [0.3, 0.4) is 0 Å². The summed E-state index contributed by atoms with van der Waals surface area (Å²) in [6.45, 7) is 6.75. The van der Waals surface area contributed by atoms with E-state index in [1.165, 1.54) is 11.5 Å². The Morgan fingerprint density at radius 2 is 1.77 bits per heavy atom. The third kappa shape index (κ3) is 7.06. The summed E-state index contributed by atoms with van der Waals surface area (Å²) in [7, 11) is -4.25. The third-order valence-electron chi connectivity index (χ3n) is 7.05. The number of benzene rings is 2. The first-order chi connectivity index (χ1) is 18.9. The van der Waals surface area contributed by atoms with Crippen molar-refractivity contribution in [1.29, 1.82) is 0 Å². The molecule has 1 amide bonds. The molecule has 1 aliphatic rings. The van der Waals surface area contributed by atoms with Gasteiger partial charge in [-0.05, 0) is 72.6 Å². The summed E-state index contributed by atoms with van der Waals surface area (Å²) in [4.78, 5) is 14.1. The highest BCUT2D eigenvalue weighted by Crippen LogP contribution is 2.32. The van der Waals surface area contributed by atoms with Crippen LogP contribution in [0.2, 0.25) is 0 Å². The number of aryl methyl sites for hydroxylation is 1. The number of amides is 1. The number of aromatic nitrogens is 2. The molecule has 1 fully saturated rings. The number of nitrogens with one attached hydrogen (secondary N) is 2. The van der Waals surface area contributed by atoms with Crippen LogP contribution in [-0.4, -0.2) is 46.8 Å². The maximum Gasteiger partial charge on any atom is 0.416 e. The fourth-order valence-electron chi connectivity index (χ4n) is 4.58. The summed E-state index contributed by atoms with van der Waals surface area (Å²) < 4.78 is 71.3. The van der Waals surface area contributed by atoms with E-state index in [2.05, 4.69) is 34.1 Å². The molecule has 216 valence electrons. The zero-order valence-corrected chi connectivity index (χ0v) is 24.0. The Hall–Kier alpha value is -2.87. The molecule has 2 heterocycles. The number of piperidine rings is 1.